The fourth-order valence-electron chi connectivity index (χ4n) is 2.39. The second-order valence-electron chi connectivity index (χ2n) is 4.31. The lowest BCUT2D eigenvalue weighted by atomic mass is 9.87. The van der Waals surface area contributed by atoms with Crippen LogP contribution in [0.3, 0.4) is 0 Å². The maximum Gasteiger partial charge on any atom is 0.111 e. The summed E-state index contributed by atoms with van der Waals surface area (Å²) < 4.78 is 11.9. The normalized spacial score (nSPS) is 31.1. The molecule has 87 valence electrons. The Morgan fingerprint density at radius 1 is 1.60 bits per heavy atom. The molecule has 2 unspecified atom stereocenters. The van der Waals surface area contributed by atoms with Crippen LogP contribution in [0.15, 0.2) is 12.7 Å². The average molecular weight is 227 g/mol. The smallest absolute Gasteiger partial charge is 0.111 e. The first-order valence-electron chi connectivity index (χ1n) is 5.85. The lowest BCUT2D eigenvalue weighted by molar-refractivity contribution is -0.156. The summed E-state index contributed by atoms with van der Waals surface area (Å²) in [4.78, 5) is 0. The van der Waals surface area contributed by atoms with E-state index in [0.717, 1.165) is 23.3 Å². The first-order valence-corrected chi connectivity index (χ1v) is 6.85. The Morgan fingerprint density at radius 2 is 2.33 bits per heavy atom. The molecule has 1 radical (unpaired) electrons. The highest BCUT2D eigenvalue weighted by molar-refractivity contribution is 6.15. The van der Waals surface area contributed by atoms with Crippen molar-refractivity contribution in [3.63, 3.8) is 0 Å². The molecule has 1 rings (SSSR count). The summed E-state index contributed by atoms with van der Waals surface area (Å²) in [6.45, 7) is 11.5. The highest BCUT2D eigenvalue weighted by atomic mass is 28.1. The van der Waals surface area contributed by atoms with Gasteiger partial charge in [0.25, 0.3) is 0 Å². The van der Waals surface area contributed by atoms with Crippen molar-refractivity contribution in [3.05, 3.63) is 19.6 Å². The molecule has 0 spiro atoms. The SMILES string of the molecule is [CH2]CC(C=C)(OCC)C1([SiH3])CCCCO1. The van der Waals surface area contributed by atoms with Gasteiger partial charge in [-0.2, -0.15) is 0 Å². The van der Waals surface area contributed by atoms with Gasteiger partial charge in [0, 0.05) is 23.5 Å². The third kappa shape index (κ3) is 2.35. The summed E-state index contributed by atoms with van der Waals surface area (Å²) in [5.74, 6) is 0. The van der Waals surface area contributed by atoms with Crippen LogP contribution in [-0.2, 0) is 9.47 Å². The average Bonchev–Trinajstić information content (AvgIpc) is 2.27. The van der Waals surface area contributed by atoms with E-state index in [4.69, 9.17) is 9.47 Å². The standard InChI is InChI=1S/C12H23O2Si/c1-4-11(5-2,13-6-3)12(15)9-7-8-10-14-12/h4H,1-2,5-10H2,3,15H3. The zero-order valence-electron chi connectivity index (χ0n) is 10.1. The Morgan fingerprint density at radius 3 is 2.73 bits per heavy atom. The molecule has 0 amide bonds. The number of hydrogen-bond acceptors (Lipinski definition) is 2. The largest absolute Gasteiger partial charge is 0.376 e. The van der Waals surface area contributed by atoms with Gasteiger partial charge in [0.2, 0.25) is 0 Å². The predicted octanol–water partition coefficient (Wildman–Crippen LogP) is 1.43. The highest BCUT2D eigenvalue weighted by Crippen LogP contribution is 2.38. The van der Waals surface area contributed by atoms with Gasteiger partial charge in [-0.3, -0.25) is 0 Å². The first kappa shape index (κ1) is 12.9. The van der Waals surface area contributed by atoms with Crippen molar-refractivity contribution < 1.29 is 9.47 Å². The van der Waals surface area contributed by atoms with E-state index in [1.165, 1.54) is 12.8 Å². The van der Waals surface area contributed by atoms with Crippen molar-refractivity contribution in [3.8, 4) is 0 Å². The maximum atomic E-state index is 5.99. The Hall–Kier alpha value is -0.123. The van der Waals surface area contributed by atoms with Crippen LogP contribution < -0.4 is 0 Å². The third-order valence-electron chi connectivity index (χ3n) is 3.47. The summed E-state index contributed by atoms with van der Waals surface area (Å²) in [6.07, 6.45) is 6.09. The van der Waals surface area contributed by atoms with Gasteiger partial charge in [-0.25, -0.2) is 0 Å². The van der Waals surface area contributed by atoms with E-state index in [9.17, 15) is 0 Å². The molecule has 2 nitrogen and oxygen atoms in total. The third-order valence-corrected chi connectivity index (χ3v) is 5.10. The van der Waals surface area contributed by atoms with Gasteiger partial charge < -0.3 is 9.47 Å². The van der Waals surface area contributed by atoms with Crippen molar-refractivity contribution in [1.29, 1.82) is 0 Å². The molecule has 0 aromatic rings. The second-order valence-corrected chi connectivity index (χ2v) is 5.93. The maximum absolute atomic E-state index is 5.99. The summed E-state index contributed by atoms with van der Waals surface area (Å²) in [5, 5.41) is -0.120. The van der Waals surface area contributed by atoms with E-state index in [1.807, 2.05) is 13.0 Å². The Kier molecular flexibility index (Phi) is 4.56. The van der Waals surface area contributed by atoms with Crippen molar-refractivity contribution in [2.45, 2.75) is 43.4 Å². The van der Waals surface area contributed by atoms with Crippen molar-refractivity contribution in [2.24, 2.45) is 0 Å². The Balaban J connectivity index is 2.89. The van der Waals surface area contributed by atoms with Gasteiger partial charge in [0.15, 0.2) is 0 Å². The molecule has 0 bridgehead atoms. The molecule has 0 aromatic carbocycles. The van der Waals surface area contributed by atoms with Crippen molar-refractivity contribution in [1.82, 2.24) is 0 Å². The van der Waals surface area contributed by atoms with Crippen LogP contribution in [0.5, 0.6) is 0 Å². The minimum absolute atomic E-state index is 0.120. The minimum Gasteiger partial charge on any atom is -0.376 e. The summed E-state index contributed by atoms with van der Waals surface area (Å²) in [7, 11) is 0.962. The van der Waals surface area contributed by atoms with E-state index in [-0.39, 0.29) is 10.8 Å². The fraction of sp³-hybridized carbons (Fsp3) is 0.750. The van der Waals surface area contributed by atoms with E-state index in [0.29, 0.717) is 13.0 Å². The fourth-order valence-corrected chi connectivity index (χ4v) is 3.55. The summed E-state index contributed by atoms with van der Waals surface area (Å²) in [6, 6.07) is 0. The van der Waals surface area contributed by atoms with Gasteiger partial charge in [0.1, 0.15) is 5.60 Å². The van der Waals surface area contributed by atoms with Crippen LogP contribution in [0.4, 0.5) is 0 Å². The van der Waals surface area contributed by atoms with E-state index in [2.05, 4.69) is 13.5 Å². The van der Waals surface area contributed by atoms with Crippen molar-refractivity contribution in [2.75, 3.05) is 13.2 Å². The van der Waals surface area contributed by atoms with Gasteiger partial charge >= 0.3 is 0 Å². The lowest BCUT2D eigenvalue weighted by Crippen LogP contribution is -2.58. The Labute approximate surface area is 96.5 Å². The number of hydrogen-bond donors (Lipinski definition) is 0. The van der Waals surface area contributed by atoms with Crippen molar-refractivity contribution >= 4 is 10.2 Å². The highest BCUT2D eigenvalue weighted by Gasteiger charge is 2.47. The quantitative estimate of drug-likeness (QED) is 0.522. The van der Waals surface area contributed by atoms with Crippen LogP contribution in [-0.4, -0.2) is 34.3 Å². The zero-order valence-corrected chi connectivity index (χ0v) is 12.1. The number of rotatable bonds is 5. The summed E-state index contributed by atoms with van der Waals surface area (Å²) in [5.41, 5.74) is -0.367. The molecule has 3 heteroatoms. The molecule has 1 saturated heterocycles. The molecule has 15 heavy (non-hydrogen) atoms. The monoisotopic (exact) mass is 227 g/mol. The van der Waals surface area contributed by atoms with E-state index >= 15 is 0 Å². The molecule has 0 N–H and O–H groups in total. The molecular weight excluding hydrogens is 204 g/mol. The molecule has 0 aromatic heterocycles. The lowest BCUT2D eigenvalue weighted by Gasteiger charge is -2.48. The van der Waals surface area contributed by atoms with Gasteiger partial charge in [0.05, 0.1) is 5.22 Å². The molecule has 1 heterocycles. The van der Waals surface area contributed by atoms with Crippen LogP contribution in [0.2, 0.25) is 0 Å². The van der Waals surface area contributed by atoms with Crippen LogP contribution >= 0.6 is 0 Å². The Bertz CT molecular complexity index is 212. The van der Waals surface area contributed by atoms with E-state index < -0.39 is 0 Å². The molecule has 2 atom stereocenters. The zero-order chi connectivity index (χ0) is 11.4. The molecular formula is C12H23O2Si. The molecule has 1 aliphatic rings. The first-order chi connectivity index (χ1) is 7.14. The van der Waals surface area contributed by atoms with Crippen LogP contribution in [0.25, 0.3) is 0 Å². The molecule has 1 aliphatic heterocycles. The van der Waals surface area contributed by atoms with E-state index in [1.54, 1.807) is 0 Å². The van der Waals surface area contributed by atoms with Crippen LogP contribution in [0, 0.1) is 6.92 Å². The summed E-state index contributed by atoms with van der Waals surface area (Å²) >= 11 is 0. The van der Waals surface area contributed by atoms with Gasteiger partial charge in [-0.1, -0.05) is 13.0 Å². The molecule has 1 fully saturated rings. The minimum atomic E-state index is -0.367. The molecule has 0 saturated carbocycles. The van der Waals surface area contributed by atoms with Crippen LogP contribution in [0.1, 0.15) is 32.6 Å². The number of ether oxygens (including phenoxy) is 2. The topological polar surface area (TPSA) is 18.5 Å². The van der Waals surface area contributed by atoms with Gasteiger partial charge in [-0.15, -0.1) is 6.58 Å². The second kappa shape index (κ2) is 5.28. The van der Waals surface area contributed by atoms with Gasteiger partial charge in [-0.05, 0) is 32.6 Å². The predicted molar refractivity (Wildman–Crippen MR) is 67.0 cm³/mol. The molecule has 0 aliphatic carbocycles.